The molecule has 1 aromatic carbocycles. The van der Waals surface area contributed by atoms with Gasteiger partial charge in [-0.1, -0.05) is 48.9 Å². The third-order valence-electron chi connectivity index (χ3n) is 6.42. The predicted molar refractivity (Wildman–Crippen MR) is 101 cm³/mol. The summed E-state index contributed by atoms with van der Waals surface area (Å²) in [7, 11) is 0. The summed E-state index contributed by atoms with van der Waals surface area (Å²) in [5.74, 6) is 1.67. The van der Waals surface area contributed by atoms with E-state index in [1.54, 1.807) is 0 Å². The molecule has 0 aromatic heterocycles. The summed E-state index contributed by atoms with van der Waals surface area (Å²) in [5, 5.41) is 11.8. The lowest BCUT2D eigenvalue weighted by Crippen LogP contribution is -2.42. The molecule has 1 aromatic rings. The van der Waals surface area contributed by atoms with Crippen LogP contribution in [0.5, 0.6) is 0 Å². The third-order valence-corrected chi connectivity index (χ3v) is 6.42. The van der Waals surface area contributed by atoms with Crippen LogP contribution in [-0.2, 0) is 5.60 Å². The SMILES string of the molecule is Cl.O[C@@](CCN1CCCCC1)(c1ccccc1)[C@H]1C[C@@H]2C=C[C@H]1C2. The van der Waals surface area contributed by atoms with E-state index in [0.29, 0.717) is 17.8 Å². The molecule has 2 fully saturated rings. The Bertz CT molecular complexity index is 554. The first-order chi connectivity index (χ1) is 11.3. The van der Waals surface area contributed by atoms with Crippen LogP contribution in [0, 0.1) is 17.8 Å². The van der Waals surface area contributed by atoms with Crippen LogP contribution in [-0.4, -0.2) is 29.6 Å². The highest BCUT2D eigenvalue weighted by molar-refractivity contribution is 5.85. The summed E-state index contributed by atoms with van der Waals surface area (Å²) in [6, 6.07) is 10.5. The third kappa shape index (κ3) is 3.42. The van der Waals surface area contributed by atoms with Gasteiger partial charge in [0.15, 0.2) is 0 Å². The lowest BCUT2D eigenvalue weighted by molar-refractivity contribution is -0.0495. The summed E-state index contributed by atoms with van der Waals surface area (Å²) in [5.41, 5.74) is 0.464. The van der Waals surface area contributed by atoms with Crippen LogP contribution < -0.4 is 0 Å². The van der Waals surface area contributed by atoms with Gasteiger partial charge in [0.1, 0.15) is 0 Å². The van der Waals surface area contributed by atoms with Crippen molar-refractivity contribution in [1.29, 1.82) is 0 Å². The van der Waals surface area contributed by atoms with Gasteiger partial charge in [0.25, 0.3) is 0 Å². The van der Waals surface area contributed by atoms with Gasteiger partial charge in [0.05, 0.1) is 5.60 Å². The van der Waals surface area contributed by atoms with Crippen molar-refractivity contribution < 1.29 is 5.11 Å². The van der Waals surface area contributed by atoms with E-state index in [2.05, 4.69) is 47.4 Å². The minimum atomic E-state index is -0.664. The largest absolute Gasteiger partial charge is 0.385 e. The number of piperidine rings is 1. The van der Waals surface area contributed by atoms with E-state index in [4.69, 9.17) is 0 Å². The predicted octanol–water partition coefficient (Wildman–Crippen LogP) is 4.38. The van der Waals surface area contributed by atoms with Crippen molar-refractivity contribution in [2.45, 2.75) is 44.1 Å². The van der Waals surface area contributed by atoms with E-state index < -0.39 is 5.60 Å². The minimum absolute atomic E-state index is 0. The zero-order valence-electron chi connectivity index (χ0n) is 14.4. The maximum absolute atomic E-state index is 11.8. The second-order valence-corrected chi connectivity index (χ2v) is 7.83. The average molecular weight is 348 g/mol. The number of nitrogens with zero attached hydrogens (tertiary/aromatic N) is 1. The number of hydrogen-bond donors (Lipinski definition) is 1. The first-order valence-electron chi connectivity index (χ1n) is 9.44. The molecule has 1 saturated heterocycles. The van der Waals surface area contributed by atoms with Crippen LogP contribution in [0.3, 0.4) is 0 Å². The molecule has 2 nitrogen and oxygen atoms in total. The van der Waals surface area contributed by atoms with Gasteiger partial charge < -0.3 is 10.0 Å². The van der Waals surface area contributed by atoms with Crippen molar-refractivity contribution in [3.05, 3.63) is 48.0 Å². The average Bonchev–Trinajstić information content (AvgIpc) is 3.25. The van der Waals surface area contributed by atoms with Gasteiger partial charge in [0, 0.05) is 6.54 Å². The van der Waals surface area contributed by atoms with Crippen molar-refractivity contribution in [1.82, 2.24) is 4.90 Å². The molecule has 0 unspecified atom stereocenters. The zero-order chi connectivity index (χ0) is 15.7. The molecule has 0 radical (unpaired) electrons. The lowest BCUT2D eigenvalue weighted by Gasteiger charge is -2.40. The maximum Gasteiger partial charge on any atom is 0.0942 e. The van der Waals surface area contributed by atoms with E-state index in [9.17, 15) is 5.11 Å². The van der Waals surface area contributed by atoms with E-state index in [1.165, 1.54) is 38.8 Å². The molecular formula is C21H30ClNO. The molecule has 1 N–H and O–H groups in total. The molecule has 3 aliphatic rings. The highest BCUT2D eigenvalue weighted by Crippen LogP contribution is 2.52. The van der Waals surface area contributed by atoms with Gasteiger partial charge in [0.2, 0.25) is 0 Å². The fourth-order valence-electron chi connectivity index (χ4n) is 5.11. The quantitative estimate of drug-likeness (QED) is 0.799. The zero-order valence-corrected chi connectivity index (χ0v) is 15.3. The van der Waals surface area contributed by atoms with E-state index >= 15 is 0 Å². The first-order valence-corrected chi connectivity index (χ1v) is 9.44. The van der Waals surface area contributed by atoms with Crippen LogP contribution >= 0.6 is 12.4 Å². The molecule has 132 valence electrons. The van der Waals surface area contributed by atoms with Gasteiger partial charge in [-0.3, -0.25) is 0 Å². The molecule has 4 rings (SSSR count). The lowest BCUT2D eigenvalue weighted by atomic mass is 9.72. The Morgan fingerprint density at radius 3 is 2.38 bits per heavy atom. The number of aliphatic hydroxyl groups is 1. The Morgan fingerprint density at radius 2 is 1.75 bits per heavy atom. The second kappa shape index (κ2) is 7.59. The Hall–Kier alpha value is -0.830. The summed E-state index contributed by atoms with van der Waals surface area (Å²) in [6.07, 6.45) is 12.0. The van der Waals surface area contributed by atoms with Crippen LogP contribution in [0.15, 0.2) is 42.5 Å². The highest BCUT2D eigenvalue weighted by atomic mass is 35.5. The number of rotatable bonds is 5. The van der Waals surface area contributed by atoms with Crippen molar-refractivity contribution >= 4 is 12.4 Å². The second-order valence-electron chi connectivity index (χ2n) is 7.83. The topological polar surface area (TPSA) is 23.5 Å². The molecular weight excluding hydrogens is 318 g/mol. The molecule has 1 aliphatic heterocycles. The van der Waals surface area contributed by atoms with Gasteiger partial charge in [-0.15, -0.1) is 12.4 Å². The van der Waals surface area contributed by atoms with Crippen LogP contribution in [0.1, 0.15) is 44.1 Å². The fourth-order valence-corrected chi connectivity index (χ4v) is 5.11. The van der Waals surface area contributed by atoms with Crippen molar-refractivity contribution in [2.24, 2.45) is 17.8 Å². The van der Waals surface area contributed by atoms with Crippen LogP contribution in [0.2, 0.25) is 0 Å². The minimum Gasteiger partial charge on any atom is -0.385 e. The maximum atomic E-state index is 11.8. The van der Waals surface area contributed by atoms with Gasteiger partial charge in [-0.05, 0) is 68.5 Å². The number of likely N-dealkylation sites (tertiary alicyclic amines) is 1. The van der Waals surface area contributed by atoms with E-state index in [0.717, 1.165) is 24.9 Å². The van der Waals surface area contributed by atoms with E-state index in [-0.39, 0.29) is 12.4 Å². The van der Waals surface area contributed by atoms with Crippen molar-refractivity contribution in [3.63, 3.8) is 0 Å². The molecule has 3 heteroatoms. The molecule has 2 bridgehead atoms. The Kier molecular flexibility index (Phi) is 5.69. The van der Waals surface area contributed by atoms with E-state index in [1.807, 2.05) is 0 Å². The molecule has 24 heavy (non-hydrogen) atoms. The highest BCUT2D eigenvalue weighted by Gasteiger charge is 2.48. The molecule has 4 atom stereocenters. The molecule has 2 aliphatic carbocycles. The molecule has 1 saturated carbocycles. The Labute approximate surface area is 152 Å². The number of benzene rings is 1. The van der Waals surface area contributed by atoms with Crippen LogP contribution in [0.25, 0.3) is 0 Å². The number of halogens is 1. The summed E-state index contributed by atoms with van der Waals surface area (Å²) >= 11 is 0. The first kappa shape index (κ1) is 18.0. The van der Waals surface area contributed by atoms with Gasteiger partial charge in [-0.25, -0.2) is 0 Å². The monoisotopic (exact) mass is 347 g/mol. The standard InChI is InChI=1S/C21H29NO.ClH/c23-21(19-7-3-1-4-8-19,11-14-22-12-5-2-6-13-22)20-16-17-9-10-18(20)15-17;/h1,3-4,7-10,17-18,20,23H,2,5-6,11-16H2;1H/t17-,18+,20+,21+;/m1./s1. The summed E-state index contributed by atoms with van der Waals surface area (Å²) < 4.78 is 0. The molecule has 0 spiro atoms. The Balaban J connectivity index is 0.00000169. The Morgan fingerprint density at radius 1 is 1.00 bits per heavy atom. The molecule has 1 heterocycles. The van der Waals surface area contributed by atoms with Crippen molar-refractivity contribution in [2.75, 3.05) is 19.6 Å². The summed E-state index contributed by atoms with van der Waals surface area (Å²) in [6.45, 7) is 3.45. The van der Waals surface area contributed by atoms with Crippen molar-refractivity contribution in [3.8, 4) is 0 Å². The fraction of sp³-hybridized carbons (Fsp3) is 0.619. The number of allylic oxidation sites excluding steroid dienone is 2. The normalized spacial score (nSPS) is 31.6. The van der Waals surface area contributed by atoms with Crippen LogP contribution in [0.4, 0.5) is 0 Å². The summed E-state index contributed by atoms with van der Waals surface area (Å²) in [4.78, 5) is 2.56. The smallest absolute Gasteiger partial charge is 0.0942 e. The number of fused-ring (bicyclic) bond motifs is 2. The number of hydrogen-bond acceptors (Lipinski definition) is 2. The van der Waals surface area contributed by atoms with Gasteiger partial charge in [-0.2, -0.15) is 0 Å². The molecule has 0 amide bonds. The van der Waals surface area contributed by atoms with Gasteiger partial charge >= 0.3 is 0 Å².